The lowest BCUT2D eigenvalue weighted by Gasteiger charge is -2.03. The Kier molecular flexibility index (Phi) is 3.23. The first-order valence-electron chi connectivity index (χ1n) is 7.85. The minimum Gasteiger partial charge on any atom is -0.290 e. The van der Waals surface area contributed by atoms with Gasteiger partial charge in [0.05, 0.1) is 16.1 Å². The van der Waals surface area contributed by atoms with Crippen LogP contribution in [0.3, 0.4) is 0 Å². The molecule has 0 aliphatic heterocycles. The fraction of sp³-hybridized carbons (Fsp3) is 0.294. The van der Waals surface area contributed by atoms with Crippen LogP contribution in [0.15, 0.2) is 41.2 Å². The van der Waals surface area contributed by atoms with Crippen LogP contribution >= 0.6 is 0 Å². The lowest BCUT2D eigenvalue weighted by molar-refractivity contribution is -0.384. The summed E-state index contributed by atoms with van der Waals surface area (Å²) in [5, 5.41) is 10.9. The Morgan fingerprint density at radius 2 is 2.08 bits per heavy atom. The van der Waals surface area contributed by atoms with Crippen molar-refractivity contribution in [2.24, 2.45) is 13.0 Å². The highest BCUT2D eigenvalue weighted by Crippen LogP contribution is 2.31. The number of hydrogen-bond donors (Lipinski definition) is 0. The highest BCUT2D eigenvalue weighted by Gasteiger charge is 2.24. The molecule has 2 heterocycles. The van der Waals surface area contributed by atoms with Gasteiger partial charge >= 0.3 is 5.69 Å². The van der Waals surface area contributed by atoms with Crippen molar-refractivity contribution in [3.63, 3.8) is 0 Å². The Hall–Kier alpha value is -2.96. The van der Waals surface area contributed by atoms with Gasteiger partial charge in [0.1, 0.15) is 0 Å². The molecule has 0 spiro atoms. The summed E-state index contributed by atoms with van der Waals surface area (Å²) >= 11 is 0. The molecule has 1 saturated carbocycles. The molecule has 0 atom stereocenters. The Labute approximate surface area is 137 Å². The van der Waals surface area contributed by atoms with Crippen LogP contribution in [0, 0.1) is 16.0 Å². The monoisotopic (exact) mass is 324 g/mol. The zero-order chi connectivity index (χ0) is 16.8. The number of benzene rings is 1. The minimum atomic E-state index is -0.427. The molecule has 0 amide bonds. The molecule has 24 heavy (non-hydrogen) atoms. The van der Waals surface area contributed by atoms with Gasteiger partial charge in [-0.25, -0.2) is 9.78 Å². The van der Waals surface area contributed by atoms with E-state index in [1.54, 1.807) is 28.3 Å². The number of aryl methyl sites for hydroxylation is 1. The van der Waals surface area contributed by atoms with Crippen molar-refractivity contribution < 1.29 is 4.92 Å². The van der Waals surface area contributed by atoms with Crippen molar-refractivity contribution in [1.82, 2.24) is 14.1 Å². The average Bonchev–Trinajstić information content (AvgIpc) is 3.38. The quantitative estimate of drug-likeness (QED) is 0.546. The molecular weight excluding hydrogens is 308 g/mol. The predicted octanol–water partition coefficient (Wildman–Crippen LogP) is 2.72. The van der Waals surface area contributed by atoms with Crippen LogP contribution in [0.1, 0.15) is 12.8 Å². The standard InChI is InChI=1S/C17H16N4O3/c1-19-16-15(20(17(19)22)10-11-5-6-11)8-7-14(18-16)12-3-2-4-13(9-12)21(23)24/h2-4,7-9,11H,5-6,10H2,1H3. The van der Waals surface area contributed by atoms with Gasteiger partial charge in [-0.15, -0.1) is 0 Å². The molecule has 122 valence electrons. The van der Waals surface area contributed by atoms with Crippen molar-refractivity contribution in [2.75, 3.05) is 0 Å². The number of nitro benzene ring substituents is 1. The molecule has 1 aromatic carbocycles. The summed E-state index contributed by atoms with van der Waals surface area (Å²) < 4.78 is 3.32. The van der Waals surface area contributed by atoms with Gasteiger partial charge in [-0.3, -0.25) is 19.2 Å². The maximum atomic E-state index is 12.4. The maximum absolute atomic E-state index is 12.4. The van der Waals surface area contributed by atoms with Gasteiger partial charge in [0.25, 0.3) is 5.69 Å². The van der Waals surface area contributed by atoms with Gasteiger partial charge in [0.15, 0.2) is 5.65 Å². The molecule has 2 aromatic heterocycles. The second-order valence-corrected chi connectivity index (χ2v) is 6.24. The highest BCUT2D eigenvalue weighted by atomic mass is 16.6. The lowest BCUT2D eigenvalue weighted by atomic mass is 10.1. The predicted molar refractivity (Wildman–Crippen MR) is 89.8 cm³/mol. The first-order valence-corrected chi connectivity index (χ1v) is 7.85. The van der Waals surface area contributed by atoms with Crippen molar-refractivity contribution in [2.45, 2.75) is 19.4 Å². The van der Waals surface area contributed by atoms with Crippen LogP contribution in [0.25, 0.3) is 22.4 Å². The van der Waals surface area contributed by atoms with Crippen LogP contribution in [-0.2, 0) is 13.6 Å². The zero-order valence-corrected chi connectivity index (χ0v) is 13.2. The van der Waals surface area contributed by atoms with Crippen molar-refractivity contribution in [3.05, 3.63) is 57.0 Å². The van der Waals surface area contributed by atoms with Crippen molar-refractivity contribution >= 4 is 16.9 Å². The molecule has 7 heteroatoms. The number of imidazole rings is 1. The second-order valence-electron chi connectivity index (χ2n) is 6.24. The number of aromatic nitrogens is 3. The summed E-state index contributed by atoms with van der Waals surface area (Å²) in [7, 11) is 1.71. The first-order chi connectivity index (χ1) is 11.5. The molecule has 3 aromatic rings. The summed E-state index contributed by atoms with van der Waals surface area (Å²) in [6, 6.07) is 10.0. The molecule has 0 radical (unpaired) electrons. The SMILES string of the molecule is Cn1c(=O)n(CC2CC2)c2ccc(-c3cccc([N+](=O)[O-])c3)nc21. The number of nitro groups is 1. The molecule has 7 nitrogen and oxygen atoms in total. The van der Waals surface area contributed by atoms with Gasteiger partial charge in [0, 0.05) is 31.3 Å². The molecule has 0 N–H and O–H groups in total. The molecule has 4 rings (SSSR count). The third-order valence-electron chi connectivity index (χ3n) is 4.47. The number of nitrogens with zero attached hydrogens (tertiary/aromatic N) is 4. The van der Waals surface area contributed by atoms with E-state index in [1.165, 1.54) is 25.0 Å². The Morgan fingerprint density at radius 1 is 1.29 bits per heavy atom. The van der Waals surface area contributed by atoms with Gasteiger partial charge in [0.2, 0.25) is 0 Å². The van der Waals surface area contributed by atoms with Crippen molar-refractivity contribution in [1.29, 1.82) is 0 Å². The second kappa shape index (κ2) is 5.30. The Balaban J connectivity index is 1.84. The third kappa shape index (κ3) is 2.38. The van der Waals surface area contributed by atoms with Crippen LogP contribution in [-0.4, -0.2) is 19.0 Å². The molecule has 1 fully saturated rings. The number of pyridine rings is 1. The number of rotatable bonds is 4. The summed E-state index contributed by atoms with van der Waals surface area (Å²) in [5.74, 6) is 0.588. The Bertz CT molecular complexity index is 1010. The highest BCUT2D eigenvalue weighted by molar-refractivity contribution is 5.76. The molecule has 0 bridgehead atoms. The van der Waals surface area contributed by atoms with E-state index in [4.69, 9.17) is 0 Å². The first kappa shape index (κ1) is 14.6. The van der Waals surface area contributed by atoms with E-state index < -0.39 is 4.92 Å². The zero-order valence-electron chi connectivity index (χ0n) is 13.2. The van der Waals surface area contributed by atoms with Gasteiger partial charge in [-0.05, 0) is 30.9 Å². The summed E-state index contributed by atoms with van der Waals surface area (Å²) in [4.78, 5) is 27.5. The largest absolute Gasteiger partial charge is 0.330 e. The minimum absolute atomic E-state index is 0.0228. The van der Waals surface area contributed by atoms with Crippen LogP contribution in [0.5, 0.6) is 0 Å². The third-order valence-corrected chi connectivity index (χ3v) is 4.47. The summed E-state index contributed by atoms with van der Waals surface area (Å²) in [6.07, 6.45) is 2.34. The number of non-ortho nitro benzene ring substituents is 1. The van der Waals surface area contributed by atoms with Crippen molar-refractivity contribution in [3.8, 4) is 11.3 Å². The number of fused-ring (bicyclic) bond motifs is 1. The topological polar surface area (TPSA) is 83.0 Å². The van der Waals surface area contributed by atoms with Crippen LogP contribution < -0.4 is 5.69 Å². The average molecular weight is 324 g/mol. The molecule has 0 unspecified atom stereocenters. The van der Waals surface area contributed by atoms with Gasteiger partial charge in [-0.2, -0.15) is 0 Å². The fourth-order valence-corrected chi connectivity index (χ4v) is 2.95. The van der Waals surface area contributed by atoms with Crippen LogP contribution in [0.2, 0.25) is 0 Å². The molecule has 0 saturated heterocycles. The van der Waals surface area contributed by atoms with E-state index in [-0.39, 0.29) is 11.4 Å². The maximum Gasteiger partial charge on any atom is 0.330 e. The number of hydrogen-bond acceptors (Lipinski definition) is 4. The summed E-state index contributed by atoms with van der Waals surface area (Å²) in [6.45, 7) is 0.730. The van der Waals surface area contributed by atoms with E-state index in [9.17, 15) is 14.9 Å². The van der Waals surface area contributed by atoms with E-state index in [2.05, 4.69) is 4.98 Å². The summed E-state index contributed by atoms with van der Waals surface area (Å²) in [5.41, 5.74) is 2.64. The van der Waals surface area contributed by atoms with Crippen LogP contribution in [0.4, 0.5) is 5.69 Å². The van der Waals surface area contributed by atoms with E-state index in [0.29, 0.717) is 22.8 Å². The molecule has 1 aliphatic rings. The van der Waals surface area contributed by atoms with E-state index in [1.807, 2.05) is 12.1 Å². The van der Waals surface area contributed by atoms with E-state index in [0.717, 1.165) is 12.1 Å². The fourth-order valence-electron chi connectivity index (χ4n) is 2.95. The van der Waals surface area contributed by atoms with Gasteiger partial charge in [-0.1, -0.05) is 12.1 Å². The molecular formula is C17H16N4O3. The molecule has 1 aliphatic carbocycles. The Morgan fingerprint density at radius 3 is 2.79 bits per heavy atom. The smallest absolute Gasteiger partial charge is 0.290 e. The lowest BCUT2D eigenvalue weighted by Crippen LogP contribution is -2.22. The normalized spacial score (nSPS) is 14.2. The van der Waals surface area contributed by atoms with E-state index >= 15 is 0 Å². The van der Waals surface area contributed by atoms with Gasteiger partial charge < -0.3 is 0 Å².